The lowest BCUT2D eigenvalue weighted by atomic mass is 10.1. The molecule has 2 heterocycles. The molecule has 0 fully saturated rings. The Balaban J connectivity index is 1.92. The van der Waals surface area contributed by atoms with E-state index in [1.165, 1.54) is 17.4 Å². The largest absolute Gasteiger partial charge is 0.455 e. The zero-order valence-electron chi connectivity index (χ0n) is 12.3. The Morgan fingerprint density at radius 3 is 2.96 bits per heavy atom. The van der Waals surface area contributed by atoms with E-state index in [4.69, 9.17) is 11.3 Å². The first kappa shape index (κ1) is 14.4. The van der Waals surface area contributed by atoms with E-state index in [0.717, 1.165) is 5.39 Å². The minimum atomic E-state index is -0.483. The SMILES string of the molecule is [C-]#[N+]c1cccc(Oc2c(F)cc3[nH]ccc3c2-c2nccs2)c1. The molecule has 116 valence electrons. The van der Waals surface area contributed by atoms with Gasteiger partial charge in [-0.2, -0.15) is 0 Å². The van der Waals surface area contributed by atoms with E-state index in [-0.39, 0.29) is 5.75 Å². The summed E-state index contributed by atoms with van der Waals surface area (Å²) < 4.78 is 20.5. The molecule has 6 heteroatoms. The lowest BCUT2D eigenvalue weighted by molar-refractivity contribution is 0.445. The number of aromatic nitrogens is 2. The lowest BCUT2D eigenvalue weighted by Gasteiger charge is -2.12. The number of nitrogens with zero attached hydrogens (tertiary/aromatic N) is 2. The molecule has 0 saturated carbocycles. The number of benzene rings is 2. The molecule has 0 aliphatic heterocycles. The fourth-order valence-electron chi connectivity index (χ4n) is 2.55. The van der Waals surface area contributed by atoms with E-state index in [1.807, 2.05) is 11.4 Å². The summed E-state index contributed by atoms with van der Waals surface area (Å²) in [6.45, 7) is 7.09. The molecule has 24 heavy (non-hydrogen) atoms. The highest BCUT2D eigenvalue weighted by Gasteiger charge is 2.20. The van der Waals surface area contributed by atoms with Gasteiger partial charge in [-0.25, -0.2) is 14.2 Å². The lowest BCUT2D eigenvalue weighted by Crippen LogP contribution is -1.93. The Hall–Kier alpha value is -3.17. The Bertz CT molecular complexity index is 1060. The Kier molecular flexibility index (Phi) is 3.48. The van der Waals surface area contributed by atoms with Crippen molar-refractivity contribution in [2.24, 2.45) is 0 Å². The van der Waals surface area contributed by atoms with E-state index >= 15 is 0 Å². The maximum atomic E-state index is 14.7. The highest BCUT2D eigenvalue weighted by Crippen LogP contribution is 2.42. The van der Waals surface area contributed by atoms with Crippen LogP contribution in [0.25, 0.3) is 26.3 Å². The van der Waals surface area contributed by atoms with Gasteiger partial charge in [0, 0.05) is 34.7 Å². The summed E-state index contributed by atoms with van der Waals surface area (Å²) >= 11 is 1.42. The summed E-state index contributed by atoms with van der Waals surface area (Å²) in [4.78, 5) is 10.7. The minimum absolute atomic E-state index is 0.110. The van der Waals surface area contributed by atoms with E-state index in [0.29, 0.717) is 27.5 Å². The van der Waals surface area contributed by atoms with Gasteiger partial charge < -0.3 is 9.72 Å². The molecule has 4 nitrogen and oxygen atoms in total. The quantitative estimate of drug-likeness (QED) is 0.483. The first-order valence-corrected chi connectivity index (χ1v) is 7.99. The number of nitrogens with one attached hydrogen (secondary N) is 1. The molecule has 0 radical (unpaired) electrons. The molecule has 0 bridgehead atoms. The van der Waals surface area contributed by atoms with Crippen LogP contribution in [0, 0.1) is 12.4 Å². The van der Waals surface area contributed by atoms with E-state index in [2.05, 4.69) is 14.8 Å². The van der Waals surface area contributed by atoms with Gasteiger partial charge in [0.2, 0.25) is 0 Å². The second-order valence-electron chi connectivity index (χ2n) is 5.05. The molecular weight excluding hydrogens is 325 g/mol. The van der Waals surface area contributed by atoms with Crippen LogP contribution in [0.5, 0.6) is 11.5 Å². The number of thiazole rings is 1. The minimum Gasteiger partial charge on any atom is -0.455 e. The molecule has 2 aromatic carbocycles. The molecule has 0 aliphatic carbocycles. The van der Waals surface area contributed by atoms with Crippen molar-refractivity contribution in [1.82, 2.24) is 9.97 Å². The highest BCUT2D eigenvalue weighted by molar-refractivity contribution is 7.13. The van der Waals surface area contributed by atoms with Gasteiger partial charge in [-0.15, -0.1) is 11.3 Å². The summed E-state index contributed by atoms with van der Waals surface area (Å²) in [7, 11) is 0. The van der Waals surface area contributed by atoms with E-state index in [9.17, 15) is 4.39 Å². The summed E-state index contributed by atoms with van der Waals surface area (Å²) in [5.41, 5.74) is 1.72. The maximum absolute atomic E-state index is 14.7. The van der Waals surface area contributed by atoms with Crippen molar-refractivity contribution in [1.29, 1.82) is 0 Å². The second kappa shape index (κ2) is 5.80. The van der Waals surface area contributed by atoms with Crippen LogP contribution in [0.2, 0.25) is 0 Å². The van der Waals surface area contributed by atoms with Crippen LogP contribution in [0.4, 0.5) is 10.1 Å². The molecule has 0 saturated heterocycles. The van der Waals surface area contributed by atoms with Crippen molar-refractivity contribution in [2.45, 2.75) is 0 Å². The second-order valence-corrected chi connectivity index (χ2v) is 5.94. The highest BCUT2D eigenvalue weighted by atomic mass is 32.1. The third-order valence-corrected chi connectivity index (χ3v) is 4.37. The molecule has 4 rings (SSSR count). The topological polar surface area (TPSA) is 42.3 Å². The summed E-state index contributed by atoms with van der Waals surface area (Å²) in [5, 5.41) is 3.35. The van der Waals surface area contributed by atoms with Crippen molar-refractivity contribution >= 4 is 27.9 Å². The normalized spacial score (nSPS) is 10.7. The van der Waals surface area contributed by atoms with Crippen LogP contribution >= 0.6 is 11.3 Å². The molecule has 0 aliphatic rings. The van der Waals surface area contributed by atoms with E-state index < -0.39 is 5.82 Å². The fourth-order valence-corrected chi connectivity index (χ4v) is 3.24. The standard InChI is InChI=1S/C18H10FN3OS/c1-20-11-3-2-4-12(9-11)23-17-14(19)10-15-13(5-6-21-15)16(17)18-22-7-8-24-18/h2-10,21H. The van der Waals surface area contributed by atoms with Crippen LogP contribution in [-0.2, 0) is 0 Å². The first-order valence-electron chi connectivity index (χ1n) is 7.11. The third-order valence-electron chi connectivity index (χ3n) is 3.58. The average molecular weight is 335 g/mol. The molecule has 0 amide bonds. The van der Waals surface area contributed by atoms with Gasteiger partial charge in [0.05, 0.1) is 12.1 Å². The summed E-state index contributed by atoms with van der Waals surface area (Å²) in [6.07, 6.45) is 3.43. The fraction of sp³-hybridized carbons (Fsp3) is 0. The Labute approximate surface area is 141 Å². The predicted octanol–water partition coefficient (Wildman–Crippen LogP) is 5.77. The van der Waals surface area contributed by atoms with Crippen LogP contribution in [-0.4, -0.2) is 9.97 Å². The average Bonchev–Trinajstić information content (AvgIpc) is 3.27. The van der Waals surface area contributed by atoms with Crippen molar-refractivity contribution < 1.29 is 9.13 Å². The summed E-state index contributed by atoms with van der Waals surface area (Å²) in [6, 6.07) is 9.93. The maximum Gasteiger partial charge on any atom is 0.190 e. The Morgan fingerprint density at radius 2 is 2.17 bits per heavy atom. The van der Waals surface area contributed by atoms with Crippen LogP contribution in [0.1, 0.15) is 0 Å². The number of halogens is 1. The molecular formula is C18H10FN3OS. The summed E-state index contributed by atoms with van der Waals surface area (Å²) in [5.74, 6) is 0.0395. The number of hydrogen-bond acceptors (Lipinski definition) is 3. The van der Waals surface area contributed by atoms with Gasteiger partial charge in [-0.3, -0.25) is 0 Å². The zero-order valence-corrected chi connectivity index (χ0v) is 13.1. The number of rotatable bonds is 3. The number of fused-ring (bicyclic) bond motifs is 1. The first-order chi connectivity index (χ1) is 11.8. The zero-order chi connectivity index (χ0) is 16.5. The molecule has 0 unspecified atom stereocenters. The smallest absolute Gasteiger partial charge is 0.190 e. The third kappa shape index (κ3) is 2.41. The van der Waals surface area contributed by atoms with Crippen LogP contribution in [0.3, 0.4) is 0 Å². The number of H-pyrrole nitrogens is 1. The van der Waals surface area contributed by atoms with Gasteiger partial charge in [-0.05, 0) is 18.2 Å². The van der Waals surface area contributed by atoms with Gasteiger partial charge in [0.1, 0.15) is 10.8 Å². The van der Waals surface area contributed by atoms with Crippen molar-refractivity contribution in [2.75, 3.05) is 0 Å². The number of hydrogen-bond donors (Lipinski definition) is 1. The van der Waals surface area contributed by atoms with Gasteiger partial charge in [0.25, 0.3) is 0 Å². The van der Waals surface area contributed by atoms with Crippen LogP contribution in [0.15, 0.2) is 54.2 Å². The van der Waals surface area contributed by atoms with E-state index in [1.54, 1.807) is 36.7 Å². The van der Waals surface area contributed by atoms with Crippen molar-refractivity contribution in [3.63, 3.8) is 0 Å². The van der Waals surface area contributed by atoms with Gasteiger partial charge in [-0.1, -0.05) is 12.1 Å². The number of aromatic amines is 1. The van der Waals surface area contributed by atoms with Crippen LogP contribution < -0.4 is 4.74 Å². The molecule has 4 aromatic rings. The monoisotopic (exact) mass is 335 g/mol. The van der Waals surface area contributed by atoms with Gasteiger partial charge in [0.15, 0.2) is 17.3 Å². The van der Waals surface area contributed by atoms with Crippen molar-refractivity contribution in [3.8, 4) is 22.1 Å². The number of ether oxygens (including phenoxy) is 1. The molecule has 1 N–H and O–H groups in total. The predicted molar refractivity (Wildman–Crippen MR) is 92.1 cm³/mol. The molecule has 0 spiro atoms. The van der Waals surface area contributed by atoms with Crippen molar-refractivity contribution in [3.05, 3.63) is 71.4 Å². The van der Waals surface area contributed by atoms with Gasteiger partial charge >= 0.3 is 0 Å². The Morgan fingerprint density at radius 1 is 1.25 bits per heavy atom. The molecule has 2 aromatic heterocycles. The molecule has 0 atom stereocenters.